The number of hydrogen-bond donors (Lipinski definition) is 0. The monoisotopic (exact) mass is 312 g/mol. The van der Waals surface area contributed by atoms with Crippen molar-refractivity contribution in [2.45, 2.75) is 85.0 Å². The first-order chi connectivity index (χ1) is 11.1. The predicted molar refractivity (Wildman–Crippen MR) is 101 cm³/mol. The van der Waals surface area contributed by atoms with Gasteiger partial charge in [0.1, 0.15) is 0 Å². The Kier molecular flexibility index (Phi) is 5.83. The molecule has 0 heteroatoms. The van der Waals surface area contributed by atoms with Crippen molar-refractivity contribution in [3.05, 3.63) is 34.9 Å². The van der Waals surface area contributed by atoms with Gasteiger partial charge in [0, 0.05) is 0 Å². The zero-order valence-electron chi connectivity index (χ0n) is 15.6. The third-order valence-electron chi connectivity index (χ3n) is 7.03. The van der Waals surface area contributed by atoms with E-state index in [-0.39, 0.29) is 0 Å². The van der Waals surface area contributed by atoms with Gasteiger partial charge in [-0.25, -0.2) is 0 Å². The summed E-state index contributed by atoms with van der Waals surface area (Å²) in [4.78, 5) is 0. The van der Waals surface area contributed by atoms with Gasteiger partial charge < -0.3 is 0 Å². The molecule has 0 aliphatic heterocycles. The van der Waals surface area contributed by atoms with Gasteiger partial charge in [0.15, 0.2) is 0 Å². The Morgan fingerprint density at radius 3 is 2.00 bits per heavy atom. The number of aryl methyl sites for hydroxylation is 3. The van der Waals surface area contributed by atoms with E-state index < -0.39 is 0 Å². The largest absolute Gasteiger partial charge is 0.0625 e. The molecule has 0 heterocycles. The number of benzene rings is 1. The van der Waals surface area contributed by atoms with Crippen LogP contribution in [0.4, 0.5) is 0 Å². The van der Waals surface area contributed by atoms with Crippen molar-refractivity contribution >= 4 is 0 Å². The molecule has 1 aromatic carbocycles. The fourth-order valence-electron chi connectivity index (χ4n) is 5.04. The van der Waals surface area contributed by atoms with Crippen LogP contribution in [0.25, 0.3) is 0 Å². The Morgan fingerprint density at radius 2 is 1.39 bits per heavy atom. The van der Waals surface area contributed by atoms with Crippen LogP contribution in [0.3, 0.4) is 0 Å². The van der Waals surface area contributed by atoms with Crippen LogP contribution in [-0.2, 0) is 6.42 Å². The second-order valence-electron chi connectivity index (χ2n) is 8.76. The summed E-state index contributed by atoms with van der Waals surface area (Å²) in [7, 11) is 0. The molecule has 3 rings (SSSR count). The first kappa shape index (κ1) is 17.1. The third kappa shape index (κ3) is 4.61. The van der Waals surface area contributed by atoms with E-state index in [0.717, 1.165) is 23.7 Å². The summed E-state index contributed by atoms with van der Waals surface area (Å²) in [6, 6.07) is 7.05. The highest BCUT2D eigenvalue weighted by molar-refractivity contribution is 5.29. The minimum atomic E-state index is 0.996. The van der Waals surface area contributed by atoms with E-state index >= 15 is 0 Å². The highest BCUT2D eigenvalue weighted by atomic mass is 14.3. The summed E-state index contributed by atoms with van der Waals surface area (Å²) in [6.45, 7) is 6.90. The second kappa shape index (κ2) is 7.86. The molecule has 0 bridgehead atoms. The van der Waals surface area contributed by atoms with Gasteiger partial charge in [-0.3, -0.25) is 0 Å². The Labute approximate surface area is 144 Å². The fraction of sp³-hybridized carbons (Fsp3) is 0.739. The summed E-state index contributed by atoms with van der Waals surface area (Å²) in [5.41, 5.74) is 4.44. The minimum absolute atomic E-state index is 0.996. The van der Waals surface area contributed by atoms with Crippen molar-refractivity contribution in [3.8, 4) is 0 Å². The second-order valence-corrected chi connectivity index (χ2v) is 8.76. The summed E-state index contributed by atoms with van der Waals surface area (Å²) >= 11 is 0. The van der Waals surface area contributed by atoms with E-state index in [1.54, 1.807) is 5.56 Å². The molecule has 0 unspecified atom stereocenters. The van der Waals surface area contributed by atoms with Crippen LogP contribution in [0.15, 0.2) is 18.2 Å². The van der Waals surface area contributed by atoms with E-state index in [1.165, 1.54) is 75.3 Å². The Bertz CT molecular complexity index is 485. The lowest BCUT2D eigenvalue weighted by molar-refractivity contribution is 0.148. The average molecular weight is 313 g/mol. The van der Waals surface area contributed by atoms with Crippen LogP contribution in [0.1, 0.15) is 81.4 Å². The first-order valence-electron chi connectivity index (χ1n) is 10.2. The maximum absolute atomic E-state index is 2.44. The lowest BCUT2D eigenvalue weighted by atomic mass is 9.69. The Balaban J connectivity index is 1.41. The molecular weight excluding hydrogens is 276 g/mol. The van der Waals surface area contributed by atoms with Gasteiger partial charge in [-0.2, -0.15) is 0 Å². The highest BCUT2D eigenvalue weighted by Gasteiger charge is 2.29. The molecule has 2 saturated carbocycles. The number of rotatable bonds is 4. The molecule has 0 nitrogen and oxygen atoms in total. The summed E-state index contributed by atoms with van der Waals surface area (Å²) in [6.07, 6.45) is 14.8. The van der Waals surface area contributed by atoms with Crippen molar-refractivity contribution in [1.29, 1.82) is 0 Å². The van der Waals surface area contributed by atoms with E-state index in [1.807, 2.05) is 0 Å². The third-order valence-corrected chi connectivity index (χ3v) is 7.03. The van der Waals surface area contributed by atoms with Crippen molar-refractivity contribution in [2.24, 2.45) is 23.7 Å². The van der Waals surface area contributed by atoms with Crippen molar-refractivity contribution < 1.29 is 0 Å². The fourth-order valence-corrected chi connectivity index (χ4v) is 5.04. The zero-order valence-corrected chi connectivity index (χ0v) is 15.6. The van der Waals surface area contributed by atoms with Crippen molar-refractivity contribution in [3.63, 3.8) is 0 Å². The van der Waals surface area contributed by atoms with Crippen molar-refractivity contribution in [2.75, 3.05) is 0 Å². The maximum Gasteiger partial charge on any atom is -0.0276 e. The average Bonchev–Trinajstić information content (AvgIpc) is 2.57. The van der Waals surface area contributed by atoms with E-state index in [9.17, 15) is 0 Å². The molecule has 0 atom stereocenters. The normalized spacial score (nSPS) is 32.0. The molecule has 2 aliphatic rings. The maximum atomic E-state index is 2.44. The van der Waals surface area contributed by atoms with Crippen LogP contribution >= 0.6 is 0 Å². The molecule has 0 amide bonds. The number of hydrogen-bond acceptors (Lipinski definition) is 0. The Morgan fingerprint density at radius 1 is 0.783 bits per heavy atom. The zero-order chi connectivity index (χ0) is 16.2. The van der Waals surface area contributed by atoms with Crippen LogP contribution in [0, 0.1) is 37.5 Å². The summed E-state index contributed by atoms with van der Waals surface area (Å²) in [5, 5.41) is 0. The van der Waals surface area contributed by atoms with Crippen LogP contribution < -0.4 is 0 Å². The Hall–Kier alpha value is -0.780. The van der Waals surface area contributed by atoms with E-state index in [2.05, 4.69) is 39.0 Å². The van der Waals surface area contributed by atoms with Gasteiger partial charge in [0.2, 0.25) is 0 Å². The molecular formula is C23H36. The molecule has 0 saturated heterocycles. The highest BCUT2D eigenvalue weighted by Crippen LogP contribution is 2.42. The summed E-state index contributed by atoms with van der Waals surface area (Å²) in [5.74, 6) is 4.14. The molecule has 0 N–H and O–H groups in total. The molecule has 23 heavy (non-hydrogen) atoms. The molecule has 128 valence electrons. The van der Waals surface area contributed by atoms with Gasteiger partial charge >= 0.3 is 0 Å². The van der Waals surface area contributed by atoms with Crippen molar-refractivity contribution in [1.82, 2.24) is 0 Å². The van der Waals surface area contributed by atoms with Gasteiger partial charge in [0.25, 0.3) is 0 Å². The smallest absolute Gasteiger partial charge is 0.0276 e. The molecule has 2 fully saturated rings. The predicted octanol–water partition coefficient (Wildman–Crippen LogP) is 6.87. The standard InChI is InChI=1S/C23H36/c1-17-4-12-22(13-5-17)23-14-10-20(11-15-23)8-9-21-7-6-18(2)19(3)16-21/h6-7,16-17,20,22-23H,4-5,8-15H2,1-3H3. The summed E-state index contributed by atoms with van der Waals surface area (Å²) < 4.78 is 0. The molecule has 2 aliphatic carbocycles. The molecule has 0 spiro atoms. The van der Waals surface area contributed by atoms with E-state index in [4.69, 9.17) is 0 Å². The van der Waals surface area contributed by atoms with Crippen LogP contribution in [0.2, 0.25) is 0 Å². The van der Waals surface area contributed by atoms with Gasteiger partial charge in [-0.1, -0.05) is 50.8 Å². The first-order valence-corrected chi connectivity index (χ1v) is 10.2. The van der Waals surface area contributed by atoms with E-state index in [0.29, 0.717) is 0 Å². The quantitative estimate of drug-likeness (QED) is 0.569. The van der Waals surface area contributed by atoms with Crippen LogP contribution in [-0.4, -0.2) is 0 Å². The molecule has 0 radical (unpaired) electrons. The molecule has 0 aromatic heterocycles. The minimum Gasteiger partial charge on any atom is -0.0625 e. The lowest BCUT2D eigenvalue weighted by Gasteiger charge is -2.37. The SMILES string of the molecule is Cc1ccc(CCC2CCC(C3CCC(C)CC3)CC2)cc1C. The van der Waals surface area contributed by atoms with Gasteiger partial charge in [-0.05, 0) is 92.7 Å². The lowest BCUT2D eigenvalue weighted by Crippen LogP contribution is -2.25. The van der Waals surface area contributed by atoms with Crippen LogP contribution in [0.5, 0.6) is 0 Å². The molecule has 1 aromatic rings. The van der Waals surface area contributed by atoms with Gasteiger partial charge in [-0.15, -0.1) is 0 Å². The van der Waals surface area contributed by atoms with Gasteiger partial charge in [0.05, 0.1) is 0 Å². The topological polar surface area (TPSA) is 0 Å².